The third-order valence-corrected chi connectivity index (χ3v) is 8.69. The van der Waals surface area contributed by atoms with Gasteiger partial charge in [-0.15, -0.1) is 0 Å². The third-order valence-electron chi connectivity index (χ3n) is 6.49. The number of nitrogens with zero attached hydrogens (tertiary/aromatic N) is 2. The Hall–Kier alpha value is -4.09. The van der Waals surface area contributed by atoms with E-state index in [1.165, 1.54) is 24.3 Å². The van der Waals surface area contributed by atoms with Crippen molar-refractivity contribution in [1.29, 1.82) is 0 Å². The Morgan fingerprint density at radius 3 is 2.33 bits per heavy atom. The zero-order valence-electron chi connectivity index (χ0n) is 23.6. The van der Waals surface area contributed by atoms with Crippen LogP contribution in [-0.2, 0) is 38.9 Å². The minimum Gasteiger partial charge on any atom is -0.481 e. The molecule has 2 amide bonds. The number of hydrogen-bond acceptors (Lipinski definition) is 7. The highest BCUT2D eigenvalue weighted by Crippen LogP contribution is 2.31. The van der Waals surface area contributed by atoms with Crippen LogP contribution < -0.4 is 10.4 Å². The predicted octanol–water partition coefficient (Wildman–Crippen LogP) is 5.19. The number of hydrogen-bond donors (Lipinski definition) is 2. The molecule has 0 aliphatic carbocycles. The molecule has 1 aliphatic heterocycles. The molecule has 0 aromatic heterocycles. The van der Waals surface area contributed by atoms with Gasteiger partial charge < -0.3 is 9.84 Å². The Morgan fingerprint density at radius 1 is 1.05 bits per heavy atom. The first-order valence-corrected chi connectivity index (χ1v) is 15.0. The van der Waals surface area contributed by atoms with Crippen molar-refractivity contribution in [2.24, 2.45) is 0 Å². The summed E-state index contributed by atoms with van der Waals surface area (Å²) in [5.74, 6) is -1.56. The number of carboxylic acid groups (broad SMARTS) is 1. The van der Waals surface area contributed by atoms with E-state index in [0.29, 0.717) is 15.4 Å². The van der Waals surface area contributed by atoms with Crippen LogP contribution in [0.5, 0.6) is 0 Å². The summed E-state index contributed by atoms with van der Waals surface area (Å²) in [6, 6.07) is 17.6. The molecule has 1 unspecified atom stereocenters. The van der Waals surface area contributed by atoms with Crippen molar-refractivity contribution < 1.29 is 32.6 Å². The number of fused-ring (bicyclic) bond motifs is 1. The molecule has 0 bridgehead atoms. The summed E-state index contributed by atoms with van der Waals surface area (Å²) in [5, 5.41) is 10.6. The van der Waals surface area contributed by atoms with Crippen LogP contribution in [-0.4, -0.2) is 47.4 Å². The highest BCUT2D eigenvalue weighted by atomic mass is 35.5. The van der Waals surface area contributed by atoms with E-state index in [9.17, 15) is 22.8 Å². The van der Waals surface area contributed by atoms with Crippen molar-refractivity contribution >= 4 is 45.3 Å². The molecule has 1 heterocycles. The fraction of sp³-hybridized carbons (Fsp3) is 0.300. The smallest absolute Gasteiger partial charge is 0.424 e. The van der Waals surface area contributed by atoms with Crippen LogP contribution >= 0.6 is 11.6 Å². The number of halogens is 1. The van der Waals surface area contributed by atoms with Crippen LogP contribution in [0.3, 0.4) is 0 Å². The van der Waals surface area contributed by atoms with Gasteiger partial charge in [-0.25, -0.2) is 13.2 Å². The Kier molecular flexibility index (Phi) is 8.84. The van der Waals surface area contributed by atoms with Crippen molar-refractivity contribution in [2.75, 3.05) is 5.01 Å². The molecular weight excluding hydrogens is 582 g/mol. The summed E-state index contributed by atoms with van der Waals surface area (Å²) < 4.78 is 33.9. The first-order valence-electron chi connectivity index (χ1n) is 13.2. The lowest BCUT2D eigenvalue weighted by Gasteiger charge is -2.28. The highest BCUT2D eigenvalue weighted by Gasteiger charge is 2.35. The fourth-order valence-corrected chi connectivity index (χ4v) is 6.32. The van der Waals surface area contributed by atoms with Crippen molar-refractivity contribution in [3.63, 3.8) is 0 Å². The van der Waals surface area contributed by atoms with Crippen LogP contribution in [0, 0.1) is 0 Å². The molecule has 222 valence electrons. The Bertz CT molecular complexity index is 1620. The number of para-hydroxylation sites is 1. The van der Waals surface area contributed by atoms with E-state index < -0.39 is 45.0 Å². The van der Waals surface area contributed by atoms with Gasteiger partial charge in [-0.05, 0) is 75.1 Å². The average Bonchev–Trinajstić information content (AvgIpc) is 3.21. The summed E-state index contributed by atoms with van der Waals surface area (Å²) in [6.07, 6.45) is -0.607. The van der Waals surface area contributed by atoms with Gasteiger partial charge in [0.2, 0.25) is 0 Å². The highest BCUT2D eigenvalue weighted by molar-refractivity contribution is 7.89. The lowest BCUT2D eigenvalue weighted by atomic mass is 10.1. The number of amides is 2. The van der Waals surface area contributed by atoms with E-state index in [-0.39, 0.29) is 23.0 Å². The molecule has 0 radical (unpaired) electrons. The minimum absolute atomic E-state index is 0.0219. The zero-order valence-corrected chi connectivity index (χ0v) is 25.2. The lowest BCUT2D eigenvalue weighted by molar-refractivity contribution is -0.136. The number of benzene rings is 3. The van der Waals surface area contributed by atoms with E-state index >= 15 is 0 Å². The summed E-state index contributed by atoms with van der Waals surface area (Å²) in [5.41, 5.74) is 4.71. The molecule has 10 nitrogen and oxygen atoms in total. The van der Waals surface area contributed by atoms with Gasteiger partial charge in [0.15, 0.2) is 0 Å². The number of carbonyl (C=O) groups is 3. The van der Waals surface area contributed by atoms with E-state index in [0.717, 1.165) is 23.7 Å². The monoisotopic (exact) mass is 613 g/mol. The van der Waals surface area contributed by atoms with E-state index in [2.05, 4.69) is 5.43 Å². The normalized spacial score (nSPS) is 14.7. The van der Waals surface area contributed by atoms with Gasteiger partial charge in [-0.1, -0.05) is 54.1 Å². The second kappa shape index (κ2) is 12.0. The van der Waals surface area contributed by atoms with Gasteiger partial charge in [0.1, 0.15) is 10.5 Å². The average molecular weight is 614 g/mol. The number of hydrazine groups is 1. The maximum Gasteiger partial charge on any atom is 0.424 e. The van der Waals surface area contributed by atoms with Crippen LogP contribution in [0.1, 0.15) is 54.7 Å². The molecule has 12 heteroatoms. The van der Waals surface area contributed by atoms with Crippen LogP contribution in [0.15, 0.2) is 71.6 Å². The number of carboxylic acids is 1. The predicted molar refractivity (Wildman–Crippen MR) is 158 cm³/mol. The van der Waals surface area contributed by atoms with Crippen LogP contribution in [0.25, 0.3) is 0 Å². The fourth-order valence-electron chi connectivity index (χ4n) is 4.53. The number of sulfonamides is 1. The van der Waals surface area contributed by atoms with Gasteiger partial charge in [0.05, 0.1) is 29.7 Å². The second-order valence-electron chi connectivity index (χ2n) is 11.0. The van der Waals surface area contributed by atoms with Crippen molar-refractivity contribution in [3.8, 4) is 0 Å². The molecule has 42 heavy (non-hydrogen) atoms. The molecule has 0 saturated carbocycles. The Balaban J connectivity index is 1.66. The molecule has 1 aliphatic rings. The number of carbonyl (C=O) groups excluding carboxylic acids is 2. The topological polar surface area (TPSA) is 133 Å². The molecule has 4 rings (SSSR count). The van der Waals surface area contributed by atoms with E-state index in [4.69, 9.17) is 21.4 Å². The lowest BCUT2D eigenvalue weighted by Crippen LogP contribution is -2.45. The van der Waals surface area contributed by atoms with Gasteiger partial charge in [0, 0.05) is 5.56 Å². The van der Waals surface area contributed by atoms with E-state index in [1.807, 2.05) is 31.2 Å². The Labute approximate surface area is 249 Å². The second-order valence-corrected chi connectivity index (χ2v) is 13.3. The standard InChI is InChI=1S/C30H32ClN3O7S/c1-19-15-22-7-5-6-8-25(22)34(19)32-28(37)23-13-14-24(31)26(17-23)42(39,40)33(29(38)41-30(2,3)4)18-21-11-9-20(10-12-21)16-27(35)36/h5-14,17,19H,15-16,18H2,1-4H3,(H,32,37)(H,35,36). The van der Waals surface area contributed by atoms with Crippen molar-refractivity contribution in [2.45, 2.75) is 63.6 Å². The maximum atomic E-state index is 14.0. The Morgan fingerprint density at radius 2 is 1.69 bits per heavy atom. The summed E-state index contributed by atoms with van der Waals surface area (Å²) in [6.45, 7) is 6.36. The number of rotatable bonds is 8. The molecule has 2 N–H and O–H groups in total. The zero-order chi connectivity index (χ0) is 30.8. The van der Waals surface area contributed by atoms with Gasteiger partial charge >= 0.3 is 12.1 Å². The van der Waals surface area contributed by atoms with Crippen molar-refractivity contribution in [1.82, 2.24) is 9.73 Å². The summed E-state index contributed by atoms with van der Waals surface area (Å²) in [7, 11) is -4.63. The van der Waals surface area contributed by atoms with Gasteiger partial charge in [0.25, 0.3) is 15.9 Å². The van der Waals surface area contributed by atoms with Gasteiger partial charge in [-0.2, -0.15) is 4.31 Å². The third kappa shape index (κ3) is 7.03. The van der Waals surface area contributed by atoms with E-state index in [1.54, 1.807) is 37.9 Å². The number of aliphatic carboxylic acids is 1. The minimum atomic E-state index is -4.63. The largest absolute Gasteiger partial charge is 0.481 e. The summed E-state index contributed by atoms with van der Waals surface area (Å²) >= 11 is 6.34. The molecule has 3 aromatic rings. The van der Waals surface area contributed by atoms with Crippen molar-refractivity contribution in [3.05, 3.63) is 94.0 Å². The van der Waals surface area contributed by atoms with Gasteiger partial charge in [-0.3, -0.25) is 20.0 Å². The SMILES string of the molecule is CC1Cc2ccccc2N1NC(=O)c1ccc(Cl)c(S(=O)(=O)N(Cc2ccc(CC(=O)O)cc2)C(=O)OC(C)(C)C)c1. The molecular formula is C30H32ClN3O7S. The first-order chi connectivity index (χ1) is 19.7. The quantitative estimate of drug-likeness (QED) is 0.355. The molecule has 0 saturated heterocycles. The first kappa shape index (κ1) is 30.9. The molecule has 1 atom stereocenters. The molecule has 0 spiro atoms. The van der Waals surface area contributed by atoms with Crippen LogP contribution in [0.4, 0.5) is 10.5 Å². The number of ether oxygens (including phenoxy) is 1. The maximum absolute atomic E-state index is 14.0. The number of nitrogens with one attached hydrogen (secondary N) is 1. The molecule has 3 aromatic carbocycles. The van der Waals surface area contributed by atoms with Crippen LogP contribution in [0.2, 0.25) is 5.02 Å². The number of anilines is 1. The molecule has 0 fully saturated rings. The summed E-state index contributed by atoms with van der Waals surface area (Å²) in [4.78, 5) is 37.1.